The topological polar surface area (TPSA) is 19.6 Å². The van der Waals surface area contributed by atoms with Crippen LogP contribution in [0.2, 0.25) is 0 Å². The Hall–Kier alpha value is -5.01. The summed E-state index contributed by atoms with van der Waals surface area (Å²) >= 11 is 2.79. The van der Waals surface area contributed by atoms with Gasteiger partial charge in [0.1, 0.15) is 5.76 Å². The first-order chi connectivity index (χ1) is 35.7. The van der Waals surface area contributed by atoms with Gasteiger partial charge >= 0.3 is 0 Å². The van der Waals surface area contributed by atoms with Crippen molar-refractivity contribution in [3.8, 4) is 0 Å². The van der Waals surface area contributed by atoms with Crippen molar-refractivity contribution in [3.63, 3.8) is 0 Å². The molecule has 0 saturated heterocycles. The Labute approximate surface area is 468 Å². The summed E-state index contributed by atoms with van der Waals surface area (Å²) in [5, 5.41) is 2.62. The van der Waals surface area contributed by atoms with Gasteiger partial charge in [-0.1, -0.05) is 167 Å². The van der Waals surface area contributed by atoms with Crippen LogP contribution in [0.5, 0.6) is 0 Å². The molecule has 76 heavy (non-hydrogen) atoms. The molecular weight excluding hydrogens is 1030 g/mol. The molecule has 5 aromatic carbocycles. The van der Waals surface area contributed by atoms with Gasteiger partial charge in [0.2, 0.25) is 0 Å². The van der Waals surface area contributed by atoms with Crippen molar-refractivity contribution in [2.75, 3.05) is 9.80 Å². The van der Waals surface area contributed by atoms with Gasteiger partial charge in [0, 0.05) is 42.7 Å². The largest absolute Gasteiger partial charge is 0.468 e. The highest BCUT2D eigenvalue weighted by Crippen LogP contribution is 2.65. The first kappa shape index (κ1) is 49.3. The summed E-state index contributed by atoms with van der Waals surface area (Å²) in [6.45, 7) is 37.2. The summed E-state index contributed by atoms with van der Waals surface area (Å²) in [7, 11) is 0. The smallest absolute Gasteiger partial charge is 0.297 e. The second-order valence-electron chi connectivity index (χ2n) is 29.2. The van der Waals surface area contributed by atoms with Crippen molar-refractivity contribution in [2.24, 2.45) is 10.8 Å². The molecule has 5 heteroatoms. The van der Waals surface area contributed by atoms with Crippen molar-refractivity contribution in [2.45, 2.75) is 186 Å². The third kappa shape index (κ3) is 6.53. The minimum absolute atomic E-state index is 0.0123. The third-order valence-corrected chi connectivity index (χ3v) is 23.1. The van der Waals surface area contributed by atoms with E-state index in [1.165, 1.54) is 137 Å². The predicted molar refractivity (Wildman–Crippen MR) is 332 cm³/mol. The highest BCUT2D eigenvalue weighted by Gasteiger charge is 2.58. The van der Waals surface area contributed by atoms with Crippen LogP contribution in [0.25, 0.3) is 23.8 Å². The maximum atomic E-state index is 7.90. The fourth-order valence-corrected chi connectivity index (χ4v) is 17.6. The van der Waals surface area contributed by atoms with Gasteiger partial charge in [-0.2, -0.15) is 0 Å². The van der Waals surface area contributed by atoms with E-state index < -0.39 is 0 Å². The van der Waals surface area contributed by atoms with Crippen molar-refractivity contribution in [1.29, 1.82) is 0 Å². The molecule has 1 fully saturated rings. The van der Waals surface area contributed by atoms with Crippen LogP contribution in [0, 0.1) is 17.8 Å². The van der Waals surface area contributed by atoms with E-state index in [0.29, 0.717) is 0 Å². The van der Waals surface area contributed by atoms with Crippen molar-refractivity contribution in [3.05, 3.63) is 157 Å². The second kappa shape index (κ2) is 15.4. The Morgan fingerprint density at radius 3 is 1.89 bits per heavy atom. The lowest BCUT2D eigenvalue weighted by atomic mass is 9.35. The molecule has 14 rings (SSSR count). The molecule has 0 bridgehead atoms. The zero-order valence-corrected chi connectivity index (χ0v) is 50.4. The molecule has 6 aromatic rings. The lowest BCUT2D eigenvalue weighted by Gasteiger charge is -2.56. The SMILES string of the molecule is Cc1cc2c3c(c1)N(c1ccc4c(c1)C(C)(C)CCC4(C)C)c1c(oc4c1CC1(C)C(=C4)C(C)(I)CCC1(C)C)B3c1cc3c(cc1N2c1cccc2c1C1=C(CC=c4ccccc4=C1)C2(C)C)C(C)(C)CCC3(C)C. The van der Waals surface area contributed by atoms with E-state index in [4.69, 9.17) is 4.42 Å². The van der Waals surface area contributed by atoms with Crippen LogP contribution in [0.4, 0.5) is 34.1 Å². The molecule has 8 aliphatic rings. The predicted octanol–water partition coefficient (Wildman–Crippen LogP) is 16.0. The number of nitrogens with zero attached hydrogens (tertiary/aromatic N) is 2. The molecular formula is C71H78BIN2O. The van der Waals surface area contributed by atoms with Crippen LogP contribution in [0.1, 0.15) is 192 Å². The van der Waals surface area contributed by atoms with Crippen molar-refractivity contribution < 1.29 is 4.42 Å². The average molecular weight is 1110 g/mol. The maximum Gasteiger partial charge on any atom is 0.297 e. The Balaban J connectivity index is 1.11. The maximum absolute atomic E-state index is 7.90. The van der Waals surface area contributed by atoms with Gasteiger partial charge in [-0.15, -0.1) is 0 Å². The van der Waals surface area contributed by atoms with E-state index in [0.717, 1.165) is 37.1 Å². The van der Waals surface area contributed by atoms with Crippen LogP contribution >= 0.6 is 22.6 Å². The molecule has 0 spiro atoms. The normalized spacial score (nSPS) is 25.6. The summed E-state index contributed by atoms with van der Waals surface area (Å²) in [6, 6.07) is 34.3. The Morgan fingerprint density at radius 1 is 0.566 bits per heavy atom. The van der Waals surface area contributed by atoms with Gasteiger partial charge in [-0.25, -0.2) is 0 Å². The van der Waals surface area contributed by atoms with E-state index in [9.17, 15) is 0 Å². The number of furan rings is 1. The number of benzene rings is 5. The second-order valence-corrected chi connectivity index (χ2v) is 31.6. The molecule has 1 saturated carbocycles. The molecule has 2 unspecified atom stereocenters. The van der Waals surface area contributed by atoms with E-state index in [2.05, 4.69) is 239 Å². The number of fused-ring (bicyclic) bond motifs is 12. The molecule has 2 atom stereocenters. The number of anilines is 6. The number of hydrogen-bond acceptors (Lipinski definition) is 3. The summed E-state index contributed by atoms with van der Waals surface area (Å²) in [5.41, 5.74) is 27.4. The number of aryl methyl sites for hydroxylation is 1. The van der Waals surface area contributed by atoms with E-state index in [-0.39, 0.29) is 48.0 Å². The van der Waals surface area contributed by atoms with Gasteiger partial charge in [0.25, 0.3) is 6.71 Å². The lowest BCUT2D eigenvalue weighted by Crippen LogP contribution is -2.61. The summed E-state index contributed by atoms with van der Waals surface area (Å²) < 4.78 is 7.94. The van der Waals surface area contributed by atoms with E-state index in [1.807, 2.05) is 0 Å². The van der Waals surface area contributed by atoms with Gasteiger partial charge in [-0.3, -0.25) is 0 Å². The zero-order valence-electron chi connectivity index (χ0n) is 48.2. The quantitative estimate of drug-likeness (QED) is 0.0977. The molecule has 0 N–H and O–H groups in total. The monoisotopic (exact) mass is 1110 g/mol. The summed E-state index contributed by atoms with van der Waals surface area (Å²) in [6.07, 6.45) is 16.5. The van der Waals surface area contributed by atoms with Crippen LogP contribution in [0.15, 0.2) is 100 Å². The molecule has 3 nitrogen and oxygen atoms in total. The zero-order chi connectivity index (χ0) is 53.4. The molecule has 388 valence electrons. The van der Waals surface area contributed by atoms with E-state index in [1.54, 1.807) is 5.57 Å². The van der Waals surface area contributed by atoms with Gasteiger partial charge < -0.3 is 14.2 Å². The highest BCUT2D eigenvalue weighted by molar-refractivity contribution is 14.1. The fourth-order valence-electron chi connectivity index (χ4n) is 16.5. The van der Waals surface area contributed by atoms with Crippen LogP contribution in [-0.2, 0) is 33.5 Å². The minimum Gasteiger partial charge on any atom is -0.468 e. The number of alkyl halides is 1. The first-order valence-electron chi connectivity index (χ1n) is 29.0. The van der Waals surface area contributed by atoms with Gasteiger partial charge in [0.05, 0.1) is 17.0 Å². The number of allylic oxidation sites excluding steroid dienone is 3. The first-order valence-corrected chi connectivity index (χ1v) is 30.0. The molecule has 3 heterocycles. The average Bonchev–Trinajstić information content (AvgIpc) is 3.86. The molecule has 1 aromatic heterocycles. The van der Waals surface area contributed by atoms with Crippen LogP contribution in [0.3, 0.4) is 0 Å². The molecule has 2 aliphatic heterocycles. The van der Waals surface area contributed by atoms with Crippen LogP contribution in [-0.4, -0.2) is 10.1 Å². The lowest BCUT2D eigenvalue weighted by molar-refractivity contribution is 0.0779. The molecule has 0 radical (unpaired) electrons. The summed E-state index contributed by atoms with van der Waals surface area (Å²) in [5.74, 6) is 1.07. The van der Waals surface area contributed by atoms with E-state index >= 15 is 0 Å². The highest BCUT2D eigenvalue weighted by atomic mass is 127. The number of hydrogen-bond donors (Lipinski definition) is 0. The Kier molecular flexibility index (Phi) is 10.0. The Bertz CT molecular complexity index is 3810. The van der Waals surface area contributed by atoms with Crippen molar-refractivity contribution in [1.82, 2.24) is 0 Å². The number of halogens is 1. The van der Waals surface area contributed by atoms with Crippen LogP contribution < -0.4 is 36.8 Å². The Morgan fingerprint density at radius 2 is 1.20 bits per heavy atom. The number of rotatable bonds is 2. The van der Waals surface area contributed by atoms with Gasteiger partial charge in [-0.05, 0) is 218 Å². The van der Waals surface area contributed by atoms with Crippen molar-refractivity contribution >= 4 is 104 Å². The summed E-state index contributed by atoms with van der Waals surface area (Å²) in [4.78, 5) is 5.47. The molecule has 0 amide bonds. The molecule has 6 aliphatic carbocycles. The minimum atomic E-state index is -0.149. The third-order valence-electron chi connectivity index (χ3n) is 22.0. The van der Waals surface area contributed by atoms with Gasteiger partial charge in [0.15, 0.2) is 0 Å². The standard InChI is InChI=1S/C71H78BIN2O/c1-41-33-56-61-57(34-41)75(54-22-18-21-49-60(54)45-35-43-20-17-16-19-42(43)23-25-47(45)69(49,12)13)55-38-52-51(66(6,7)29-30-67(52,8)9)37-53(55)72(61)63-62(74(56)44-24-26-48-50(36-44)65(4,5)28-27-64(48,2)3)46-40-70(14)59(39-58(46)76-63)71(15,73)32-31-68(70,10)11/h16-24,26,33-39H,25,27-32,40H2,1-15H3. The fraction of sp³-hybridized carbons (Fsp3) is 0.437.